The van der Waals surface area contributed by atoms with E-state index in [0.29, 0.717) is 5.69 Å². The standard InChI is InChI=1S/C11H9N3O/c12-9-6-13-14-11(9)8-1-2-10-7(5-8)3-4-15-10/h1-6H,12H2,(H,13,14). The molecule has 2 aromatic heterocycles. The molecule has 3 rings (SSSR count). The summed E-state index contributed by atoms with van der Waals surface area (Å²) in [5, 5.41) is 7.82. The highest BCUT2D eigenvalue weighted by Gasteiger charge is 2.05. The van der Waals surface area contributed by atoms with Crippen LogP contribution in [0.2, 0.25) is 0 Å². The van der Waals surface area contributed by atoms with E-state index in [1.807, 2.05) is 24.3 Å². The van der Waals surface area contributed by atoms with E-state index >= 15 is 0 Å². The average Bonchev–Trinajstić information content (AvgIpc) is 2.84. The zero-order valence-electron chi connectivity index (χ0n) is 7.90. The minimum Gasteiger partial charge on any atom is -0.464 e. The summed E-state index contributed by atoms with van der Waals surface area (Å²) < 4.78 is 5.26. The highest BCUT2D eigenvalue weighted by molar-refractivity contribution is 5.85. The minimum absolute atomic E-state index is 0.651. The molecule has 0 bridgehead atoms. The predicted molar refractivity (Wildman–Crippen MR) is 58.2 cm³/mol. The fraction of sp³-hybridized carbons (Fsp3) is 0. The van der Waals surface area contributed by atoms with Gasteiger partial charge in [0.25, 0.3) is 0 Å². The largest absolute Gasteiger partial charge is 0.464 e. The molecule has 4 nitrogen and oxygen atoms in total. The summed E-state index contributed by atoms with van der Waals surface area (Å²) in [6.45, 7) is 0. The van der Waals surface area contributed by atoms with Gasteiger partial charge in [-0.25, -0.2) is 0 Å². The minimum atomic E-state index is 0.651. The Kier molecular flexibility index (Phi) is 1.56. The number of hydrogen-bond acceptors (Lipinski definition) is 3. The van der Waals surface area contributed by atoms with E-state index in [0.717, 1.165) is 22.2 Å². The quantitative estimate of drug-likeness (QED) is 0.632. The van der Waals surface area contributed by atoms with E-state index in [-0.39, 0.29) is 0 Å². The maximum Gasteiger partial charge on any atom is 0.133 e. The number of furan rings is 1. The maximum absolute atomic E-state index is 5.77. The first kappa shape index (κ1) is 8.11. The summed E-state index contributed by atoms with van der Waals surface area (Å²) in [6.07, 6.45) is 3.28. The van der Waals surface area contributed by atoms with E-state index in [9.17, 15) is 0 Å². The van der Waals surface area contributed by atoms with Crippen molar-refractivity contribution < 1.29 is 4.42 Å². The van der Waals surface area contributed by atoms with Gasteiger partial charge in [0.2, 0.25) is 0 Å². The van der Waals surface area contributed by atoms with Crippen molar-refractivity contribution in [1.29, 1.82) is 0 Å². The highest BCUT2D eigenvalue weighted by atomic mass is 16.3. The number of hydrogen-bond donors (Lipinski definition) is 2. The predicted octanol–water partition coefficient (Wildman–Crippen LogP) is 2.41. The second-order valence-corrected chi connectivity index (χ2v) is 3.37. The normalized spacial score (nSPS) is 10.9. The molecule has 3 aromatic rings. The van der Waals surface area contributed by atoms with E-state index in [1.165, 1.54) is 0 Å². The lowest BCUT2D eigenvalue weighted by Crippen LogP contribution is -1.86. The number of benzene rings is 1. The zero-order chi connectivity index (χ0) is 10.3. The van der Waals surface area contributed by atoms with Crippen molar-refractivity contribution in [3.05, 3.63) is 36.7 Å². The molecule has 0 radical (unpaired) electrons. The molecule has 2 heterocycles. The fourth-order valence-corrected chi connectivity index (χ4v) is 1.65. The van der Waals surface area contributed by atoms with Crippen molar-refractivity contribution in [2.24, 2.45) is 0 Å². The number of aromatic nitrogens is 2. The summed E-state index contributed by atoms with van der Waals surface area (Å²) in [5.74, 6) is 0. The Labute approximate surface area is 85.7 Å². The van der Waals surface area contributed by atoms with Crippen molar-refractivity contribution in [1.82, 2.24) is 10.2 Å². The van der Waals surface area contributed by atoms with Crippen LogP contribution >= 0.6 is 0 Å². The number of nitrogens with one attached hydrogen (secondary N) is 1. The van der Waals surface area contributed by atoms with Crippen LogP contribution in [0.3, 0.4) is 0 Å². The molecule has 0 amide bonds. The van der Waals surface area contributed by atoms with E-state index < -0.39 is 0 Å². The van der Waals surface area contributed by atoms with Crippen molar-refractivity contribution >= 4 is 16.7 Å². The molecule has 0 fully saturated rings. The number of rotatable bonds is 1. The van der Waals surface area contributed by atoms with Crippen molar-refractivity contribution in [2.45, 2.75) is 0 Å². The molecule has 0 atom stereocenters. The molecule has 0 aliphatic heterocycles. The number of H-pyrrole nitrogens is 1. The van der Waals surface area contributed by atoms with Crippen LogP contribution in [-0.4, -0.2) is 10.2 Å². The summed E-state index contributed by atoms with van der Waals surface area (Å²) >= 11 is 0. The second kappa shape index (κ2) is 2.88. The van der Waals surface area contributed by atoms with Crippen molar-refractivity contribution in [3.8, 4) is 11.3 Å². The Bertz CT molecular complexity index is 609. The SMILES string of the molecule is Nc1cn[nH]c1-c1ccc2occc2c1. The van der Waals surface area contributed by atoms with Gasteiger partial charge in [-0.05, 0) is 24.3 Å². The molecular weight excluding hydrogens is 190 g/mol. The molecule has 4 heteroatoms. The van der Waals surface area contributed by atoms with Crippen LogP contribution in [0.5, 0.6) is 0 Å². The lowest BCUT2D eigenvalue weighted by atomic mass is 10.1. The summed E-state index contributed by atoms with van der Waals surface area (Å²) in [7, 11) is 0. The summed E-state index contributed by atoms with van der Waals surface area (Å²) in [5.41, 5.74) is 9.16. The van der Waals surface area contributed by atoms with Crippen molar-refractivity contribution in [2.75, 3.05) is 5.73 Å². The number of nitrogens with zero attached hydrogens (tertiary/aromatic N) is 1. The number of anilines is 1. The molecule has 0 unspecified atom stereocenters. The summed E-state index contributed by atoms with van der Waals surface area (Å²) in [6, 6.07) is 7.81. The van der Waals surface area contributed by atoms with Crippen LogP contribution in [0.15, 0.2) is 41.1 Å². The van der Waals surface area contributed by atoms with Crippen LogP contribution in [0.25, 0.3) is 22.2 Å². The molecule has 15 heavy (non-hydrogen) atoms. The zero-order valence-corrected chi connectivity index (χ0v) is 7.90. The number of aromatic amines is 1. The van der Waals surface area contributed by atoms with Gasteiger partial charge in [0.15, 0.2) is 0 Å². The monoisotopic (exact) mass is 199 g/mol. The Morgan fingerprint density at radius 3 is 3.00 bits per heavy atom. The Morgan fingerprint density at radius 2 is 2.20 bits per heavy atom. The Morgan fingerprint density at radius 1 is 1.27 bits per heavy atom. The third kappa shape index (κ3) is 1.19. The molecule has 3 N–H and O–H groups in total. The number of fused-ring (bicyclic) bond motifs is 1. The van der Waals surface area contributed by atoms with Gasteiger partial charge in [-0.1, -0.05) is 0 Å². The molecule has 74 valence electrons. The first-order chi connectivity index (χ1) is 7.34. The first-order valence-corrected chi connectivity index (χ1v) is 4.61. The van der Waals surface area contributed by atoms with Gasteiger partial charge in [0, 0.05) is 10.9 Å². The third-order valence-corrected chi connectivity index (χ3v) is 2.41. The Hall–Kier alpha value is -2.23. The van der Waals surface area contributed by atoms with Gasteiger partial charge in [0.05, 0.1) is 23.8 Å². The highest BCUT2D eigenvalue weighted by Crippen LogP contribution is 2.26. The molecule has 0 aliphatic rings. The molecule has 0 saturated heterocycles. The molecule has 0 spiro atoms. The lowest BCUT2D eigenvalue weighted by molar-refractivity contribution is 0.616. The van der Waals surface area contributed by atoms with Gasteiger partial charge in [-0.3, -0.25) is 5.10 Å². The van der Waals surface area contributed by atoms with Crippen LogP contribution in [0, 0.1) is 0 Å². The van der Waals surface area contributed by atoms with Gasteiger partial charge in [-0.2, -0.15) is 5.10 Å². The average molecular weight is 199 g/mol. The van der Waals surface area contributed by atoms with Gasteiger partial charge >= 0.3 is 0 Å². The topological polar surface area (TPSA) is 67.8 Å². The smallest absolute Gasteiger partial charge is 0.133 e. The fourth-order valence-electron chi connectivity index (χ4n) is 1.65. The van der Waals surface area contributed by atoms with Gasteiger partial charge < -0.3 is 10.2 Å². The van der Waals surface area contributed by atoms with Crippen LogP contribution < -0.4 is 5.73 Å². The third-order valence-electron chi connectivity index (χ3n) is 2.41. The summed E-state index contributed by atoms with van der Waals surface area (Å²) in [4.78, 5) is 0. The van der Waals surface area contributed by atoms with Gasteiger partial charge in [-0.15, -0.1) is 0 Å². The molecule has 1 aromatic carbocycles. The number of nitrogen functional groups attached to an aromatic ring is 1. The number of nitrogens with two attached hydrogens (primary N) is 1. The molecule has 0 aliphatic carbocycles. The molecule has 0 saturated carbocycles. The van der Waals surface area contributed by atoms with Crippen molar-refractivity contribution in [3.63, 3.8) is 0 Å². The second-order valence-electron chi connectivity index (χ2n) is 3.37. The van der Waals surface area contributed by atoms with Crippen LogP contribution in [0.1, 0.15) is 0 Å². The van der Waals surface area contributed by atoms with E-state index in [2.05, 4.69) is 10.2 Å². The molecular formula is C11H9N3O. The van der Waals surface area contributed by atoms with Crippen LogP contribution in [0.4, 0.5) is 5.69 Å². The lowest BCUT2D eigenvalue weighted by Gasteiger charge is -1.98. The van der Waals surface area contributed by atoms with Crippen LogP contribution in [-0.2, 0) is 0 Å². The first-order valence-electron chi connectivity index (χ1n) is 4.61. The Balaban J connectivity index is 2.23. The van der Waals surface area contributed by atoms with E-state index in [4.69, 9.17) is 10.2 Å². The van der Waals surface area contributed by atoms with Gasteiger partial charge in [0.1, 0.15) is 5.58 Å². The maximum atomic E-state index is 5.77. The van der Waals surface area contributed by atoms with E-state index in [1.54, 1.807) is 12.5 Å².